The molecule has 0 aliphatic heterocycles. The Hall–Kier alpha value is 1.70. The minimum absolute atomic E-state index is 0.457. The number of alkyl halides is 3. The van der Waals surface area contributed by atoms with E-state index in [2.05, 4.69) is 73.8 Å². The first-order valence-electron chi connectivity index (χ1n) is 3.28. The molecule has 0 nitrogen and oxygen atoms in total. The SMILES string of the molecule is Clc1cccc(CI)c1C(I)I. The molecule has 0 saturated carbocycles. The van der Waals surface area contributed by atoms with Crippen molar-refractivity contribution in [3.63, 3.8) is 0 Å². The van der Waals surface area contributed by atoms with Crippen LogP contribution < -0.4 is 0 Å². The Labute approximate surface area is 118 Å². The molecular formula is C8H6ClI3. The van der Waals surface area contributed by atoms with Crippen molar-refractivity contribution in [3.05, 3.63) is 34.3 Å². The summed E-state index contributed by atoms with van der Waals surface area (Å²) in [6.45, 7) is 0. The average Bonchev–Trinajstić information content (AvgIpc) is 2.03. The maximum absolute atomic E-state index is 6.09. The third-order valence-electron chi connectivity index (χ3n) is 1.51. The van der Waals surface area contributed by atoms with Crippen molar-refractivity contribution in [2.75, 3.05) is 0 Å². The maximum Gasteiger partial charge on any atom is 0.0892 e. The van der Waals surface area contributed by atoms with E-state index in [1.54, 1.807) is 0 Å². The highest BCUT2D eigenvalue weighted by Crippen LogP contribution is 2.38. The first-order valence-corrected chi connectivity index (χ1v) is 7.67. The summed E-state index contributed by atoms with van der Waals surface area (Å²) < 4.78 is 1.48. The molecular weight excluding hydrogens is 512 g/mol. The van der Waals surface area contributed by atoms with Gasteiger partial charge in [0.15, 0.2) is 0 Å². The molecule has 0 spiro atoms. The third-order valence-corrected chi connectivity index (χ3v) is 3.90. The van der Waals surface area contributed by atoms with Gasteiger partial charge in [0.05, 0.1) is 1.93 Å². The minimum atomic E-state index is 0.457. The molecule has 1 rings (SSSR count). The fraction of sp³-hybridized carbons (Fsp3) is 0.250. The smallest absolute Gasteiger partial charge is 0.0840 e. The molecule has 12 heavy (non-hydrogen) atoms. The van der Waals surface area contributed by atoms with Gasteiger partial charge in [0.25, 0.3) is 0 Å². The highest BCUT2D eigenvalue weighted by atomic mass is 127. The van der Waals surface area contributed by atoms with Crippen LogP contribution in [0.1, 0.15) is 13.1 Å². The lowest BCUT2D eigenvalue weighted by Crippen LogP contribution is -1.90. The Balaban J connectivity index is 3.20. The van der Waals surface area contributed by atoms with Crippen LogP contribution in [0.15, 0.2) is 18.2 Å². The van der Waals surface area contributed by atoms with E-state index < -0.39 is 0 Å². The zero-order valence-corrected chi connectivity index (χ0v) is 13.3. The summed E-state index contributed by atoms with van der Waals surface area (Å²) in [6.07, 6.45) is 0. The van der Waals surface area contributed by atoms with Crippen molar-refractivity contribution in [3.8, 4) is 0 Å². The van der Waals surface area contributed by atoms with Crippen LogP contribution >= 0.6 is 79.4 Å². The van der Waals surface area contributed by atoms with Gasteiger partial charge >= 0.3 is 0 Å². The van der Waals surface area contributed by atoms with Crippen LogP contribution in [0.3, 0.4) is 0 Å². The van der Waals surface area contributed by atoms with Crippen LogP contribution in [0.5, 0.6) is 0 Å². The van der Waals surface area contributed by atoms with E-state index in [1.807, 2.05) is 12.1 Å². The molecule has 4 heteroatoms. The van der Waals surface area contributed by atoms with Gasteiger partial charge in [-0.05, 0) is 17.2 Å². The average molecular weight is 518 g/mol. The first-order chi connectivity index (χ1) is 5.66. The Morgan fingerprint density at radius 1 is 1.33 bits per heavy atom. The third kappa shape index (κ3) is 2.84. The molecule has 0 atom stereocenters. The van der Waals surface area contributed by atoms with Gasteiger partial charge in [-0.2, -0.15) is 0 Å². The van der Waals surface area contributed by atoms with Crippen molar-refractivity contribution < 1.29 is 0 Å². The van der Waals surface area contributed by atoms with Crippen LogP contribution in [0.25, 0.3) is 0 Å². The van der Waals surface area contributed by atoms with Crippen LogP contribution in [0.4, 0.5) is 0 Å². The number of rotatable bonds is 2. The van der Waals surface area contributed by atoms with E-state index >= 15 is 0 Å². The van der Waals surface area contributed by atoms with E-state index in [1.165, 1.54) is 11.1 Å². The Kier molecular flexibility index (Phi) is 5.44. The maximum atomic E-state index is 6.09. The van der Waals surface area contributed by atoms with Gasteiger partial charge in [-0.15, -0.1) is 0 Å². The van der Waals surface area contributed by atoms with E-state index in [0.29, 0.717) is 1.93 Å². The van der Waals surface area contributed by atoms with Crippen LogP contribution in [-0.2, 0) is 4.43 Å². The summed E-state index contributed by atoms with van der Waals surface area (Å²) in [6, 6.07) is 6.10. The Morgan fingerprint density at radius 2 is 2.00 bits per heavy atom. The summed E-state index contributed by atoms with van der Waals surface area (Å²) in [5.74, 6) is 0. The van der Waals surface area contributed by atoms with Gasteiger partial charge in [0.1, 0.15) is 0 Å². The molecule has 0 saturated heterocycles. The highest BCUT2D eigenvalue weighted by Gasteiger charge is 2.11. The predicted molar refractivity (Wildman–Crippen MR) is 80.0 cm³/mol. The molecule has 1 aromatic rings. The van der Waals surface area contributed by atoms with Crippen LogP contribution in [0, 0.1) is 0 Å². The Bertz CT molecular complexity index is 273. The van der Waals surface area contributed by atoms with Crippen molar-refractivity contribution in [2.45, 2.75) is 6.36 Å². The lowest BCUT2D eigenvalue weighted by molar-refractivity contribution is 1.33. The molecule has 0 radical (unpaired) electrons. The van der Waals surface area contributed by atoms with Crippen molar-refractivity contribution in [1.82, 2.24) is 0 Å². The van der Waals surface area contributed by atoms with Crippen molar-refractivity contribution in [1.29, 1.82) is 0 Å². The van der Waals surface area contributed by atoms with Gasteiger partial charge < -0.3 is 0 Å². The van der Waals surface area contributed by atoms with Gasteiger partial charge in [-0.25, -0.2) is 0 Å². The molecule has 0 aromatic heterocycles. The zero-order chi connectivity index (χ0) is 9.14. The fourth-order valence-corrected chi connectivity index (χ4v) is 3.75. The highest BCUT2D eigenvalue weighted by molar-refractivity contribution is 14.2. The van der Waals surface area contributed by atoms with Crippen molar-refractivity contribution in [2.24, 2.45) is 0 Å². The van der Waals surface area contributed by atoms with E-state index in [9.17, 15) is 0 Å². The molecule has 0 heterocycles. The monoisotopic (exact) mass is 518 g/mol. The first kappa shape index (κ1) is 11.8. The molecule has 1 aromatic carbocycles. The standard InChI is InChI=1S/C8H6ClI3/c9-6-3-1-2-5(4-10)7(6)8(11)12/h1-3,8H,4H2. The van der Waals surface area contributed by atoms with Crippen LogP contribution in [0.2, 0.25) is 5.02 Å². The summed E-state index contributed by atoms with van der Waals surface area (Å²) in [4.78, 5) is 0. The number of halogens is 4. The molecule has 0 aliphatic rings. The molecule has 0 fully saturated rings. The van der Waals surface area contributed by atoms with E-state index in [-0.39, 0.29) is 0 Å². The molecule has 0 bridgehead atoms. The lowest BCUT2D eigenvalue weighted by atomic mass is 10.1. The summed E-state index contributed by atoms with van der Waals surface area (Å²) in [7, 11) is 0. The van der Waals surface area contributed by atoms with Gasteiger partial charge in [0.2, 0.25) is 0 Å². The molecule has 0 unspecified atom stereocenters. The molecule has 0 amide bonds. The second-order valence-electron chi connectivity index (χ2n) is 2.25. The quantitative estimate of drug-likeness (QED) is 0.376. The second kappa shape index (κ2) is 5.55. The minimum Gasteiger partial charge on any atom is -0.0840 e. The largest absolute Gasteiger partial charge is 0.0892 e. The summed E-state index contributed by atoms with van der Waals surface area (Å²) in [5, 5.41) is 0.887. The number of hydrogen-bond donors (Lipinski definition) is 0. The zero-order valence-electron chi connectivity index (χ0n) is 6.03. The van der Waals surface area contributed by atoms with Gasteiger partial charge in [-0.3, -0.25) is 0 Å². The summed E-state index contributed by atoms with van der Waals surface area (Å²) in [5.41, 5.74) is 2.62. The molecule has 0 aliphatic carbocycles. The van der Waals surface area contributed by atoms with Crippen molar-refractivity contribution >= 4 is 79.4 Å². The number of benzene rings is 1. The second-order valence-corrected chi connectivity index (χ2v) is 8.29. The van der Waals surface area contributed by atoms with E-state index in [0.717, 1.165) is 9.45 Å². The Morgan fingerprint density at radius 3 is 2.42 bits per heavy atom. The van der Waals surface area contributed by atoms with Gasteiger partial charge in [0, 0.05) is 9.45 Å². The van der Waals surface area contributed by atoms with E-state index in [4.69, 9.17) is 11.6 Å². The van der Waals surface area contributed by atoms with Gasteiger partial charge in [-0.1, -0.05) is 91.5 Å². The normalized spacial score (nSPS) is 10.8. The molecule has 0 N–H and O–H groups in total. The van der Waals surface area contributed by atoms with Crippen LogP contribution in [-0.4, -0.2) is 0 Å². The lowest BCUT2D eigenvalue weighted by Gasteiger charge is -2.09. The summed E-state index contributed by atoms with van der Waals surface area (Å²) >= 11 is 13.2. The predicted octanol–water partition coefficient (Wildman–Crippen LogP) is 5.14. The topological polar surface area (TPSA) is 0 Å². The fourth-order valence-electron chi connectivity index (χ4n) is 0.943. The molecule has 66 valence electrons. The number of hydrogen-bond acceptors (Lipinski definition) is 0.